The smallest absolute Gasteiger partial charge is 0.0355 e. The molecule has 0 saturated heterocycles. The molecule has 11 rings (SSSR count). The van der Waals surface area contributed by atoms with Crippen molar-refractivity contribution < 1.29 is 0 Å². The van der Waals surface area contributed by atoms with Crippen LogP contribution in [0, 0.1) is 0 Å². The van der Waals surface area contributed by atoms with E-state index in [1.165, 1.54) is 108 Å². The number of hydrogen-bond acceptors (Lipinski definition) is 1. The Bertz CT molecular complexity index is 3030. The topological polar surface area (TPSA) is 0 Å². The van der Waals surface area contributed by atoms with Crippen molar-refractivity contribution in [3.63, 3.8) is 0 Å². The Morgan fingerprint density at radius 3 is 1.58 bits per heavy atom. The SMILES string of the molecule is CC1(C)c2c(-c3ccc(-c4c5ccccc5c(-c5ccc6sc7ccccc7c6c5)c5ccccc45)cc3)cccc2-c2ccc3ccccc3c21. The van der Waals surface area contributed by atoms with Gasteiger partial charge in [-0.2, -0.15) is 0 Å². The summed E-state index contributed by atoms with van der Waals surface area (Å²) in [5.41, 5.74) is 13.1. The number of benzene rings is 9. The van der Waals surface area contributed by atoms with Gasteiger partial charge >= 0.3 is 0 Å². The zero-order valence-electron chi connectivity index (χ0n) is 29.1. The molecule has 1 aliphatic carbocycles. The van der Waals surface area contributed by atoms with Crippen LogP contribution in [0.1, 0.15) is 25.0 Å². The zero-order chi connectivity index (χ0) is 34.6. The van der Waals surface area contributed by atoms with Gasteiger partial charge < -0.3 is 0 Å². The highest BCUT2D eigenvalue weighted by Crippen LogP contribution is 2.54. The lowest BCUT2D eigenvalue weighted by molar-refractivity contribution is 0.668. The van der Waals surface area contributed by atoms with Crippen molar-refractivity contribution >= 4 is 63.8 Å². The van der Waals surface area contributed by atoms with Crippen LogP contribution in [0.5, 0.6) is 0 Å². The van der Waals surface area contributed by atoms with Crippen molar-refractivity contribution in [2.75, 3.05) is 0 Å². The molecule has 0 radical (unpaired) electrons. The van der Waals surface area contributed by atoms with Crippen LogP contribution in [-0.2, 0) is 5.41 Å². The summed E-state index contributed by atoms with van der Waals surface area (Å²) in [5.74, 6) is 0. The molecule has 0 fully saturated rings. The molecule has 1 heterocycles. The van der Waals surface area contributed by atoms with Gasteiger partial charge in [0.25, 0.3) is 0 Å². The van der Waals surface area contributed by atoms with E-state index in [0.29, 0.717) is 0 Å². The van der Waals surface area contributed by atoms with E-state index in [4.69, 9.17) is 0 Å². The molecule has 1 aromatic heterocycles. The molecule has 9 aromatic carbocycles. The average Bonchev–Trinajstić information content (AvgIpc) is 3.68. The average molecular weight is 679 g/mol. The molecule has 0 bridgehead atoms. The quantitative estimate of drug-likeness (QED) is 0.163. The minimum atomic E-state index is -0.124. The Morgan fingerprint density at radius 2 is 0.865 bits per heavy atom. The summed E-state index contributed by atoms with van der Waals surface area (Å²) in [5, 5.41) is 10.5. The van der Waals surface area contributed by atoms with Crippen molar-refractivity contribution in [1.82, 2.24) is 0 Å². The second kappa shape index (κ2) is 11.0. The molecule has 244 valence electrons. The molecule has 1 aliphatic rings. The van der Waals surface area contributed by atoms with Gasteiger partial charge in [0.2, 0.25) is 0 Å². The zero-order valence-corrected chi connectivity index (χ0v) is 29.9. The van der Waals surface area contributed by atoms with E-state index in [1.54, 1.807) is 0 Å². The minimum absolute atomic E-state index is 0.124. The predicted octanol–water partition coefficient (Wildman–Crippen LogP) is 14.8. The fraction of sp³-hybridized carbons (Fsp3) is 0.0588. The van der Waals surface area contributed by atoms with Gasteiger partial charge in [-0.15, -0.1) is 11.3 Å². The Labute approximate surface area is 307 Å². The molecule has 0 saturated carbocycles. The van der Waals surface area contributed by atoms with E-state index in [9.17, 15) is 0 Å². The van der Waals surface area contributed by atoms with Crippen LogP contribution in [0.3, 0.4) is 0 Å². The van der Waals surface area contributed by atoms with Gasteiger partial charge in [0, 0.05) is 25.6 Å². The molecule has 10 aromatic rings. The van der Waals surface area contributed by atoms with Gasteiger partial charge in [0.1, 0.15) is 0 Å². The van der Waals surface area contributed by atoms with Gasteiger partial charge in [0.15, 0.2) is 0 Å². The Balaban J connectivity index is 1.08. The molecular weight excluding hydrogens is 645 g/mol. The number of rotatable bonds is 3. The maximum atomic E-state index is 2.41. The fourth-order valence-electron chi connectivity index (χ4n) is 9.43. The van der Waals surface area contributed by atoms with Crippen LogP contribution in [0.15, 0.2) is 170 Å². The minimum Gasteiger partial charge on any atom is -0.135 e. The molecule has 0 spiro atoms. The molecule has 0 atom stereocenters. The van der Waals surface area contributed by atoms with Gasteiger partial charge in [-0.3, -0.25) is 0 Å². The lowest BCUT2D eigenvalue weighted by Gasteiger charge is -2.26. The summed E-state index contributed by atoms with van der Waals surface area (Å²) < 4.78 is 2.67. The first-order valence-corrected chi connectivity index (χ1v) is 19.0. The third-order valence-electron chi connectivity index (χ3n) is 11.6. The standard InChI is InChI=1S/C51H34S/c1-51(2)49-36(19-11-20-42(49)43-28-26-31-12-3-4-13-35(31)50(43)51)32-22-24-33(25-23-32)47-38-15-5-7-17-40(38)48(41-18-8-6-16-39(41)47)34-27-29-46-44(30-34)37-14-9-10-21-45(37)52-46/h3-30H,1-2H3. The van der Waals surface area contributed by atoms with Crippen molar-refractivity contribution in [1.29, 1.82) is 0 Å². The summed E-state index contributed by atoms with van der Waals surface area (Å²) in [4.78, 5) is 0. The molecule has 52 heavy (non-hydrogen) atoms. The number of thiophene rings is 1. The number of fused-ring (bicyclic) bond motifs is 10. The van der Waals surface area contributed by atoms with Crippen LogP contribution < -0.4 is 0 Å². The number of hydrogen-bond donors (Lipinski definition) is 0. The lowest BCUT2D eigenvalue weighted by atomic mass is 9.77. The maximum Gasteiger partial charge on any atom is 0.0355 e. The van der Waals surface area contributed by atoms with Gasteiger partial charge in [0.05, 0.1) is 0 Å². The Hall–Kier alpha value is -6.02. The summed E-state index contributed by atoms with van der Waals surface area (Å²) in [6, 6.07) is 63.5. The molecule has 0 amide bonds. The van der Waals surface area contributed by atoms with Crippen molar-refractivity contribution in [2.24, 2.45) is 0 Å². The van der Waals surface area contributed by atoms with Crippen molar-refractivity contribution in [3.8, 4) is 44.5 Å². The van der Waals surface area contributed by atoms with Crippen molar-refractivity contribution in [2.45, 2.75) is 19.3 Å². The summed E-state index contributed by atoms with van der Waals surface area (Å²) in [6.45, 7) is 4.81. The normalized spacial score (nSPS) is 13.3. The molecule has 0 aliphatic heterocycles. The van der Waals surface area contributed by atoms with Gasteiger partial charge in [-0.05, 0) is 106 Å². The summed E-state index contributed by atoms with van der Waals surface area (Å²) in [7, 11) is 0. The van der Waals surface area contributed by atoms with Gasteiger partial charge in [-0.25, -0.2) is 0 Å². The first-order valence-electron chi connectivity index (χ1n) is 18.2. The van der Waals surface area contributed by atoms with Crippen LogP contribution in [0.25, 0.3) is 97.0 Å². The Morgan fingerprint density at radius 1 is 0.346 bits per heavy atom. The fourth-order valence-corrected chi connectivity index (χ4v) is 10.5. The molecule has 0 N–H and O–H groups in total. The first kappa shape index (κ1) is 29.7. The van der Waals surface area contributed by atoms with E-state index in [0.717, 1.165) is 0 Å². The van der Waals surface area contributed by atoms with Crippen LogP contribution in [0.2, 0.25) is 0 Å². The monoisotopic (exact) mass is 678 g/mol. The Kier molecular flexibility index (Phi) is 6.27. The van der Waals surface area contributed by atoms with Crippen molar-refractivity contribution in [3.05, 3.63) is 181 Å². The third kappa shape index (κ3) is 4.15. The maximum absolute atomic E-state index is 2.41. The molecule has 1 heteroatoms. The summed E-state index contributed by atoms with van der Waals surface area (Å²) >= 11 is 1.88. The highest BCUT2D eigenvalue weighted by molar-refractivity contribution is 7.25. The molecule has 0 unspecified atom stereocenters. The van der Waals surface area contributed by atoms with E-state index in [1.807, 2.05) is 11.3 Å². The second-order valence-corrected chi connectivity index (χ2v) is 15.9. The van der Waals surface area contributed by atoms with Crippen LogP contribution in [0.4, 0.5) is 0 Å². The first-order chi connectivity index (χ1) is 25.6. The van der Waals surface area contributed by atoms with Crippen LogP contribution in [-0.4, -0.2) is 0 Å². The van der Waals surface area contributed by atoms with E-state index in [-0.39, 0.29) is 5.41 Å². The van der Waals surface area contributed by atoms with E-state index >= 15 is 0 Å². The van der Waals surface area contributed by atoms with Gasteiger partial charge in [-0.1, -0.05) is 166 Å². The molecule has 0 nitrogen and oxygen atoms in total. The van der Waals surface area contributed by atoms with E-state index in [2.05, 4.69) is 184 Å². The lowest BCUT2D eigenvalue weighted by Crippen LogP contribution is -2.16. The third-order valence-corrected chi connectivity index (χ3v) is 12.8. The van der Waals surface area contributed by atoms with Crippen LogP contribution >= 0.6 is 11.3 Å². The molecular formula is C51H34S. The second-order valence-electron chi connectivity index (χ2n) is 14.8. The highest BCUT2D eigenvalue weighted by Gasteiger charge is 2.38. The predicted molar refractivity (Wildman–Crippen MR) is 226 cm³/mol. The largest absolute Gasteiger partial charge is 0.135 e. The highest BCUT2D eigenvalue weighted by atomic mass is 32.1. The summed E-state index contributed by atoms with van der Waals surface area (Å²) in [6.07, 6.45) is 0. The van der Waals surface area contributed by atoms with E-state index < -0.39 is 0 Å².